The Labute approximate surface area is 113 Å². The van der Waals surface area contributed by atoms with E-state index >= 15 is 0 Å². The predicted molar refractivity (Wildman–Crippen MR) is 72.8 cm³/mol. The van der Waals surface area contributed by atoms with Gasteiger partial charge in [0.25, 0.3) is 0 Å². The average Bonchev–Trinajstić information content (AvgIpc) is 2.79. The Kier molecular flexibility index (Phi) is 3.73. The van der Waals surface area contributed by atoms with Crippen LogP contribution < -0.4 is 5.73 Å². The van der Waals surface area contributed by atoms with Crippen LogP contribution in [0.5, 0.6) is 0 Å². The van der Waals surface area contributed by atoms with Gasteiger partial charge >= 0.3 is 5.97 Å². The number of nitrogens with zero attached hydrogens (tertiary/aromatic N) is 2. The second kappa shape index (κ2) is 5.15. The second-order valence-corrected chi connectivity index (χ2v) is 6.01. The Morgan fingerprint density at radius 1 is 1.37 bits per heavy atom. The van der Waals surface area contributed by atoms with E-state index in [2.05, 4.69) is 9.97 Å². The molecule has 1 fully saturated rings. The Bertz CT molecular complexity index is 474. The zero-order chi connectivity index (χ0) is 14.0. The molecule has 104 valence electrons. The summed E-state index contributed by atoms with van der Waals surface area (Å²) in [4.78, 5) is 20.5. The van der Waals surface area contributed by atoms with Gasteiger partial charge in [-0.25, -0.2) is 14.8 Å². The van der Waals surface area contributed by atoms with Crippen LogP contribution in [0, 0.1) is 0 Å². The third kappa shape index (κ3) is 3.43. The minimum absolute atomic E-state index is 0.214. The molecule has 19 heavy (non-hydrogen) atoms. The molecule has 0 aliphatic heterocycles. The van der Waals surface area contributed by atoms with Gasteiger partial charge in [-0.15, -0.1) is 0 Å². The first-order valence-corrected chi connectivity index (χ1v) is 6.72. The standard InChI is InChI=1S/C14H21N3O2/c1-14(2,3)19-13(18)10-8-16-12(17-11(10)15)9-6-4-5-7-9/h8-9H,4-7H2,1-3H3,(H2,15,16,17). The average molecular weight is 263 g/mol. The van der Waals surface area contributed by atoms with E-state index in [0.717, 1.165) is 18.7 Å². The molecule has 0 amide bonds. The molecular weight excluding hydrogens is 242 g/mol. The molecule has 5 heteroatoms. The summed E-state index contributed by atoms with van der Waals surface area (Å²) >= 11 is 0. The van der Waals surface area contributed by atoms with Gasteiger partial charge in [0.15, 0.2) is 0 Å². The Morgan fingerprint density at radius 3 is 2.53 bits per heavy atom. The topological polar surface area (TPSA) is 78.1 Å². The van der Waals surface area contributed by atoms with Crippen molar-refractivity contribution in [2.45, 2.75) is 58.0 Å². The molecule has 0 spiro atoms. The highest BCUT2D eigenvalue weighted by atomic mass is 16.6. The number of nitrogens with two attached hydrogens (primary N) is 1. The van der Waals surface area contributed by atoms with Crippen molar-refractivity contribution in [3.63, 3.8) is 0 Å². The molecule has 1 saturated carbocycles. The van der Waals surface area contributed by atoms with Crippen LogP contribution >= 0.6 is 0 Å². The molecule has 1 aromatic heterocycles. The molecule has 1 aliphatic rings. The van der Waals surface area contributed by atoms with E-state index in [1.54, 1.807) is 0 Å². The number of anilines is 1. The lowest BCUT2D eigenvalue weighted by atomic mass is 10.1. The first-order chi connectivity index (χ1) is 8.87. The van der Waals surface area contributed by atoms with Crippen LogP contribution in [0.1, 0.15) is 68.6 Å². The first kappa shape index (κ1) is 13.8. The van der Waals surface area contributed by atoms with Crippen molar-refractivity contribution in [1.29, 1.82) is 0 Å². The summed E-state index contributed by atoms with van der Waals surface area (Å²) in [5.74, 6) is 0.881. The molecular formula is C14H21N3O2. The summed E-state index contributed by atoms with van der Waals surface area (Å²) in [5, 5.41) is 0. The number of carbonyl (C=O) groups excluding carboxylic acids is 1. The number of hydrogen-bond donors (Lipinski definition) is 1. The maximum atomic E-state index is 11.9. The number of carbonyl (C=O) groups is 1. The van der Waals surface area contributed by atoms with Crippen LogP contribution in [0.25, 0.3) is 0 Å². The van der Waals surface area contributed by atoms with Gasteiger partial charge in [0.2, 0.25) is 0 Å². The van der Waals surface area contributed by atoms with Gasteiger partial charge in [-0.05, 0) is 33.6 Å². The third-order valence-electron chi connectivity index (χ3n) is 3.18. The molecule has 2 rings (SSSR count). The van der Waals surface area contributed by atoms with Crippen LogP contribution in [-0.2, 0) is 4.74 Å². The van der Waals surface area contributed by atoms with Crippen molar-refractivity contribution in [1.82, 2.24) is 9.97 Å². The summed E-state index contributed by atoms with van der Waals surface area (Å²) in [6, 6.07) is 0. The fourth-order valence-electron chi connectivity index (χ4n) is 2.28. The third-order valence-corrected chi connectivity index (χ3v) is 3.18. The highest BCUT2D eigenvalue weighted by Crippen LogP contribution is 2.32. The Balaban J connectivity index is 2.17. The Hall–Kier alpha value is -1.65. The predicted octanol–water partition coefficient (Wildman–Crippen LogP) is 2.67. The molecule has 0 atom stereocenters. The number of hydrogen-bond acceptors (Lipinski definition) is 5. The zero-order valence-electron chi connectivity index (χ0n) is 11.8. The van der Waals surface area contributed by atoms with E-state index in [-0.39, 0.29) is 11.4 Å². The maximum absolute atomic E-state index is 11.9. The second-order valence-electron chi connectivity index (χ2n) is 6.01. The van der Waals surface area contributed by atoms with Crippen LogP contribution in [-0.4, -0.2) is 21.5 Å². The SMILES string of the molecule is CC(C)(C)OC(=O)c1cnc(C2CCCC2)nc1N. The molecule has 5 nitrogen and oxygen atoms in total. The first-order valence-electron chi connectivity index (χ1n) is 6.72. The van der Waals surface area contributed by atoms with Crippen molar-refractivity contribution in [2.24, 2.45) is 0 Å². The van der Waals surface area contributed by atoms with Gasteiger partial charge in [0, 0.05) is 12.1 Å². The molecule has 1 aliphatic carbocycles. The number of ether oxygens (including phenoxy) is 1. The highest BCUT2D eigenvalue weighted by Gasteiger charge is 2.24. The maximum Gasteiger partial charge on any atom is 0.344 e. The van der Waals surface area contributed by atoms with Gasteiger partial charge < -0.3 is 10.5 Å². The molecule has 0 unspecified atom stereocenters. The van der Waals surface area contributed by atoms with E-state index < -0.39 is 11.6 Å². The largest absolute Gasteiger partial charge is 0.456 e. The van der Waals surface area contributed by atoms with Crippen molar-refractivity contribution in [2.75, 3.05) is 5.73 Å². The minimum Gasteiger partial charge on any atom is -0.456 e. The van der Waals surface area contributed by atoms with Crippen LogP contribution in [0.15, 0.2) is 6.20 Å². The van der Waals surface area contributed by atoms with Crippen LogP contribution in [0.3, 0.4) is 0 Å². The van der Waals surface area contributed by atoms with Crippen molar-refractivity contribution in [3.05, 3.63) is 17.6 Å². The summed E-state index contributed by atoms with van der Waals surface area (Å²) in [7, 11) is 0. The number of nitrogen functional groups attached to an aromatic ring is 1. The highest BCUT2D eigenvalue weighted by molar-refractivity contribution is 5.93. The van der Waals surface area contributed by atoms with Gasteiger partial charge in [0.1, 0.15) is 22.8 Å². The fraction of sp³-hybridized carbons (Fsp3) is 0.643. The number of rotatable bonds is 2. The number of aromatic nitrogens is 2. The molecule has 0 aromatic carbocycles. The van der Waals surface area contributed by atoms with Crippen molar-refractivity contribution in [3.8, 4) is 0 Å². The lowest BCUT2D eigenvalue weighted by Gasteiger charge is -2.20. The fourth-order valence-corrected chi connectivity index (χ4v) is 2.28. The molecule has 1 heterocycles. The summed E-state index contributed by atoms with van der Waals surface area (Å²) < 4.78 is 5.27. The molecule has 0 radical (unpaired) electrons. The number of esters is 1. The van der Waals surface area contributed by atoms with Crippen LogP contribution in [0.2, 0.25) is 0 Å². The smallest absolute Gasteiger partial charge is 0.344 e. The van der Waals surface area contributed by atoms with Gasteiger partial charge in [-0.3, -0.25) is 0 Å². The van der Waals surface area contributed by atoms with Crippen molar-refractivity contribution < 1.29 is 9.53 Å². The van der Waals surface area contributed by atoms with E-state index in [0.29, 0.717) is 5.92 Å². The normalized spacial score (nSPS) is 16.6. The lowest BCUT2D eigenvalue weighted by molar-refractivity contribution is 0.00699. The molecule has 0 bridgehead atoms. The van der Waals surface area contributed by atoms with Crippen LogP contribution in [0.4, 0.5) is 5.82 Å². The van der Waals surface area contributed by atoms with Gasteiger partial charge in [-0.2, -0.15) is 0 Å². The van der Waals surface area contributed by atoms with Gasteiger partial charge in [0.05, 0.1) is 0 Å². The van der Waals surface area contributed by atoms with E-state index in [4.69, 9.17) is 10.5 Å². The lowest BCUT2D eigenvalue weighted by Crippen LogP contribution is -2.25. The van der Waals surface area contributed by atoms with E-state index in [9.17, 15) is 4.79 Å². The zero-order valence-corrected chi connectivity index (χ0v) is 11.8. The summed E-state index contributed by atoms with van der Waals surface area (Å²) in [6.07, 6.45) is 6.12. The Morgan fingerprint density at radius 2 is 2.00 bits per heavy atom. The van der Waals surface area contributed by atoms with E-state index in [1.165, 1.54) is 19.0 Å². The molecule has 0 saturated heterocycles. The van der Waals surface area contributed by atoms with Gasteiger partial charge in [-0.1, -0.05) is 12.8 Å². The van der Waals surface area contributed by atoms with Crippen molar-refractivity contribution >= 4 is 11.8 Å². The summed E-state index contributed by atoms with van der Waals surface area (Å²) in [5.41, 5.74) is 5.56. The minimum atomic E-state index is -0.548. The quantitative estimate of drug-likeness (QED) is 0.830. The summed E-state index contributed by atoms with van der Waals surface area (Å²) in [6.45, 7) is 5.44. The molecule has 1 aromatic rings. The van der Waals surface area contributed by atoms with E-state index in [1.807, 2.05) is 20.8 Å². The molecule has 2 N–H and O–H groups in total. The monoisotopic (exact) mass is 263 g/mol.